The number of halogens is 3. The van der Waals surface area contributed by atoms with Crippen LogP contribution in [-0.2, 0) is 6.18 Å². The fraction of sp³-hybridized carbons (Fsp3) is 0.0625. The van der Waals surface area contributed by atoms with Gasteiger partial charge in [-0.15, -0.1) is 0 Å². The molecule has 3 aromatic rings. The van der Waals surface area contributed by atoms with Crippen LogP contribution in [0.3, 0.4) is 0 Å². The van der Waals surface area contributed by atoms with E-state index in [4.69, 9.17) is 5.11 Å². The van der Waals surface area contributed by atoms with Crippen molar-refractivity contribution in [3.63, 3.8) is 0 Å². The molecule has 1 N–H and O–H groups in total. The second kappa shape index (κ2) is 5.35. The van der Waals surface area contributed by atoms with E-state index in [1.165, 1.54) is 18.2 Å². The summed E-state index contributed by atoms with van der Waals surface area (Å²) in [5, 5.41) is 10.3. The van der Waals surface area contributed by atoms with Crippen LogP contribution in [0.4, 0.5) is 13.2 Å². The standard InChI is InChI=1S/C16H9F3N2O2/c17-16(18,19)15-20-7-6-13(21-15)11-3-1-2-9-4-5-10(14(22)23)8-12(9)11/h1-8H,(H,22,23). The van der Waals surface area contributed by atoms with Crippen molar-refractivity contribution < 1.29 is 23.1 Å². The van der Waals surface area contributed by atoms with Crippen LogP contribution in [0.1, 0.15) is 16.2 Å². The Labute approximate surface area is 128 Å². The number of carbonyl (C=O) groups is 1. The van der Waals surface area contributed by atoms with Crippen LogP contribution >= 0.6 is 0 Å². The minimum Gasteiger partial charge on any atom is -0.478 e. The number of alkyl halides is 3. The summed E-state index contributed by atoms with van der Waals surface area (Å²) in [6.45, 7) is 0. The summed E-state index contributed by atoms with van der Waals surface area (Å²) in [5.41, 5.74) is 0.550. The van der Waals surface area contributed by atoms with Crippen LogP contribution in [0.2, 0.25) is 0 Å². The topological polar surface area (TPSA) is 63.1 Å². The summed E-state index contributed by atoms with van der Waals surface area (Å²) in [4.78, 5) is 17.9. The Morgan fingerprint density at radius 1 is 1.09 bits per heavy atom. The van der Waals surface area contributed by atoms with E-state index in [9.17, 15) is 18.0 Å². The lowest BCUT2D eigenvalue weighted by atomic mass is 10.00. The lowest BCUT2D eigenvalue weighted by molar-refractivity contribution is -0.144. The van der Waals surface area contributed by atoms with Gasteiger partial charge in [0.1, 0.15) is 0 Å². The highest BCUT2D eigenvalue weighted by molar-refractivity contribution is 6.00. The van der Waals surface area contributed by atoms with Gasteiger partial charge in [0.05, 0.1) is 11.3 Å². The zero-order valence-corrected chi connectivity index (χ0v) is 11.5. The van der Waals surface area contributed by atoms with E-state index in [-0.39, 0.29) is 11.3 Å². The predicted octanol–water partition coefficient (Wildman–Crippen LogP) is 4.01. The van der Waals surface area contributed by atoms with Crippen molar-refractivity contribution in [2.75, 3.05) is 0 Å². The number of hydrogen-bond donors (Lipinski definition) is 1. The van der Waals surface area contributed by atoms with Crippen LogP contribution in [-0.4, -0.2) is 21.0 Å². The third-order valence-electron chi connectivity index (χ3n) is 3.31. The van der Waals surface area contributed by atoms with Gasteiger partial charge in [0.25, 0.3) is 0 Å². The third kappa shape index (κ3) is 2.85. The minimum absolute atomic E-state index is 0.0510. The summed E-state index contributed by atoms with van der Waals surface area (Å²) >= 11 is 0. The second-order valence-corrected chi connectivity index (χ2v) is 4.81. The Hall–Kier alpha value is -2.96. The Bertz CT molecular complexity index is 907. The molecular weight excluding hydrogens is 309 g/mol. The molecule has 0 atom stereocenters. The molecule has 7 heteroatoms. The predicted molar refractivity (Wildman–Crippen MR) is 76.9 cm³/mol. The molecule has 0 aliphatic carbocycles. The first-order valence-electron chi connectivity index (χ1n) is 6.53. The number of aromatic carboxylic acids is 1. The highest BCUT2D eigenvalue weighted by Crippen LogP contribution is 2.31. The molecule has 0 unspecified atom stereocenters. The molecule has 1 heterocycles. The molecule has 0 saturated carbocycles. The fourth-order valence-corrected chi connectivity index (χ4v) is 2.27. The first-order valence-corrected chi connectivity index (χ1v) is 6.53. The smallest absolute Gasteiger partial charge is 0.451 e. The maximum Gasteiger partial charge on any atom is 0.451 e. The monoisotopic (exact) mass is 318 g/mol. The molecule has 4 nitrogen and oxygen atoms in total. The number of nitrogens with zero attached hydrogens (tertiary/aromatic N) is 2. The van der Waals surface area contributed by atoms with Crippen LogP contribution in [0.25, 0.3) is 22.0 Å². The second-order valence-electron chi connectivity index (χ2n) is 4.81. The number of carboxylic acids is 1. The molecule has 2 aromatic carbocycles. The van der Waals surface area contributed by atoms with E-state index in [1.54, 1.807) is 24.3 Å². The molecule has 0 aliphatic heterocycles. The summed E-state index contributed by atoms with van der Waals surface area (Å²) < 4.78 is 38.3. The molecule has 0 aliphatic rings. The fourth-order valence-electron chi connectivity index (χ4n) is 2.27. The third-order valence-corrected chi connectivity index (χ3v) is 3.31. The maximum absolute atomic E-state index is 12.8. The number of fused-ring (bicyclic) bond motifs is 1. The highest BCUT2D eigenvalue weighted by Gasteiger charge is 2.34. The maximum atomic E-state index is 12.8. The minimum atomic E-state index is -4.65. The van der Waals surface area contributed by atoms with Gasteiger partial charge in [-0.3, -0.25) is 0 Å². The molecule has 23 heavy (non-hydrogen) atoms. The zero-order chi connectivity index (χ0) is 16.6. The molecule has 0 amide bonds. The first kappa shape index (κ1) is 15.0. The van der Waals surface area contributed by atoms with Crippen molar-refractivity contribution in [2.45, 2.75) is 6.18 Å². The summed E-state index contributed by atoms with van der Waals surface area (Å²) in [6, 6.07) is 10.8. The quantitative estimate of drug-likeness (QED) is 0.775. The molecule has 0 radical (unpaired) electrons. The van der Waals surface area contributed by atoms with Crippen molar-refractivity contribution in [3.05, 3.63) is 60.0 Å². The van der Waals surface area contributed by atoms with Gasteiger partial charge in [-0.1, -0.05) is 24.3 Å². The van der Waals surface area contributed by atoms with E-state index in [0.29, 0.717) is 16.3 Å². The summed E-state index contributed by atoms with van der Waals surface area (Å²) in [5.74, 6) is -2.35. The van der Waals surface area contributed by atoms with E-state index in [2.05, 4.69) is 9.97 Å². The number of rotatable bonds is 2. The number of aromatic nitrogens is 2. The molecule has 1 aromatic heterocycles. The lowest BCUT2D eigenvalue weighted by Gasteiger charge is -2.09. The molecule has 0 saturated heterocycles. The van der Waals surface area contributed by atoms with Gasteiger partial charge in [0, 0.05) is 11.8 Å². The van der Waals surface area contributed by atoms with Gasteiger partial charge in [0.2, 0.25) is 5.82 Å². The largest absolute Gasteiger partial charge is 0.478 e. The number of carboxylic acid groups (broad SMARTS) is 1. The van der Waals surface area contributed by atoms with Crippen LogP contribution < -0.4 is 0 Å². The van der Waals surface area contributed by atoms with Gasteiger partial charge >= 0.3 is 12.1 Å². The molecule has 0 fully saturated rings. The molecule has 0 spiro atoms. The Morgan fingerprint density at radius 3 is 2.57 bits per heavy atom. The SMILES string of the molecule is O=C(O)c1ccc2cccc(-c3ccnc(C(F)(F)F)n3)c2c1. The molecular formula is C16H9F3N2O2. The molecule has 3 rings (SSSR count). The molecule has 116 valence electrons. The van der Waals surface area contributed by atoms with E-state index < -0.39 is 18.0 Å². The number of benzene rings is 2. The van der Waals surface area contributed by atoms with Crippen LogP contribution in [0, 0.1) is 0 Å². The van der Waals surface area contributed by atoms with Gasteiger partial charge in [-0.05, 0) is 29.0 Å². The number of hydrogen-bond acceptors (Lipinski definition) is 3. The van der Waals surface area contributed by atoms with E-state index in [0.717, 1.165) is 6.20 Å². The Balaban J connectivity index is 2.24. The van der Waals surface area contributed by atoms with Crippen molar-refractivity contribution >= 4 is 16.7 Å². The van der Waals surface area contributed by atoms with Crippen molar-refractivity contribution in [1.82, 2.24) is 9.97 Å². The highest BCUT2D eigenvalue weighted by atomic mass is 19.4. The Kier molecular flexibility index (Phi) is 3.48. The van der Waals surface area contributed by atoms with Crippen LogP contribution in [0.15, 0.2) is 48.7 Å². The average molecular weight is 318 g/mol. The van der Waals surface area contributed by atoms with Gasteiger partial charge in [0.15, 0.2) is 0 Å². The summed E-state index contributed by atoms with van der Waals surface area (Å²) in [6.07, 6.45) is -3.61. The van der Waals surface area contributed by atoms with Crippen molar-refractivity contribution in [2.24, 2.45) is 0 Å². The average Bonchev–Trinajstić information content (AvgIpc) is 2.53. The first-order chi connectivity index (χ1) is 10.9. The van der Waals surface area contributed by atoms with E-state index in [1.807, 2.05) is 0 Å². The lowest BCUT2D eigenvalue weighted by Crippen LogP contribution is -2.11. The summed E-state index contributed by atoms with van der Waals surface area (Å²) in [7, 11) is 0. The van der Waals surface area contributed by atoms with Gasteiger partial charge < -0.3 is 5.11 Å². The zero-order valence-electron chi connectivity index (χ0n) is 11.5. The van der Waals surface area contributed by atoms with Gasteiger partial charge in [-0.2, -0.15) is 13.2 Å². The van der Waals surface area contributed by atoms with Crippen molar-refractivity contribution in [1.29, 1.82) is 0 Å². The van der Waals surface area contributed by atoms with Gasteiger partial charge in [-0.25, -0.2) is 14.8 Å². The normalized spacial score (nSPS) is 11.6. The molecule has 0 bridgehead atoms. The van der Waals surface area contributed by atoms with E-state index >= 15 is 0 Å². The van der Waals surface area contributed by atoms with Crippen molar-refractivity contribution in [3.8, 4) is 11.3 Å². The van der Waals surface area contributed by atoms with Crippen LogP contribution in [0.5, 0.6) is 0 Å². The Morgan fingerprint density at radius 2 is 1.87 bits per heavy atom.